The van der Waals surface area contributed by atoms with Gasteiger partial charge in [0.2, 0.25) is 0 Å². The highest BCUT2D eigenvalue weighted by molar-refractivity contribution is 6.35. The molecule has 1 aliphatic carbocycles. The molecule has 2 aromatic heterocycles. The Hall–Kier alpha value is -2.78. The molecule has 2 aliphatic rings. The highest BCUT2D eigenvalue weighted by Gasteiger charge is 2.29. The first kappa shape index (κ1) is 21.7. The molecule has 1 saturated heterocycles. The number of benzene rings is 2. The molecule has 34 heavy (non-hydrogen) atoms. The average molecular weight is 490 g/mol. The molecule has 0 atom stereocenters. The van der Waals surface area contributed by atoms with Crippen molar-refractivity contribution in [1.82, 2.24) is 14.3 Å². The molecule has 3 heterocycles. The average Bonchev–Trinajstić information content (AvgIpc) is 3.24. The first-order valence-electron chi connectivity index (χ1n) is 11.9. The van der Waals surface area contributed by atoms with Crippen LogP contribution in [0.15, 0.2) is 42.5 Å². The summed E-state index contributed by atoms with van der Waals surface area (Å²) >= 11 is 12.5. The number of piperazine rings is 1. The zero-order valence-electron chi connectivity index (χ0n) is 18.9. The minimum Gasteiger partial charge on any atom is -0.355 e. The van der Waals surface area contributed by atoms with E-state index >= 15 is 0 Å². The fourth-order valence-electron chi connectivity index (χ4n) is 5.56. The van der Waals surface area contributed by atoms with Crippen LogP contribution in [-0.4, -0.2) is 40.5 Å². The Bertz CT molecular complexity index is 1440. The summed E-state index contributed by atoms with van der Waals surface area (Å²) in [5, 5.41) is 11.5. The second kappa shape index (κ2) is 8.78. The number of fused-ring (bicyclic) bond motifs is 4. The molecule has 0 radical (unpaired) electrons. The standard InChI is InChI=1S/C27H25Cl2N5/c28-19-10-9-18(23(29)15-19)17-32-11-13-33(14-12-32)27-21-6-2-1-5-20(21)22(16-30)26-31-24-7-3-4-8-25(24)34(26)27/h3-4,7-10,15H,1-2,5-6,11-14,17H2. The number of imidazole rings is 1. The summed E-state index contributed by atoms with van der Waals surface area (Å²) in [6.07, 6.45) is 4.27. The van der Waals surface area contributed by atoms with Crippen LogP contribution < -0.4 is 4.90 Å². The maximum Gasteiger partial charge on any atom is 0.157 e. The molecule has 1 fully saturated rings. The van der Waals surface area contributed by atoms with Crippen LogP contribution in [0.2, 0.25) is 10.0 Å². The number of aromatic nitrogens is 2. The number of para-hydroxylation sites is 2. The predicted octanol–water partition coefficient (Wildman–Crippen LogP) is 5.87. The molecule has 0 N–H and O–H groups in total. The van der Waals surface area contributed by atoms with Crippen LogP contribution in [0.1, 0.15) is 35.1 Å². The monoisotopic (exact) mass is 489 g/mol. The molecule has 172 valence electrons. The van der Waals surface area contributed by atoms with E-state index < -0.39 is 0 Å². The Morgan fingerprint density at radius 3 is 2.47 bits per heavy atom. The molecule has 0 unspecified atom stereocenters. The van der Waals surface area contributed by atoms with E-state index in [9.17, 15) is 5.26 Å². The number of rotatable bonds is 3. The van der Waals surface area contributed by atoms with Crippen molar-refractivity contribution >= 4 is 45.7 Å². The maximum atomic E-state index is 10.1. The molecule has 0 amide bonds. The zero-order valence-corrected chi connectivity index (χ0v) is 20.4. The summed E-state index contributed by atoms with van der Waals surface area (Å²) in [5.41, 5.74) is 7.24. The highest BCUT2D eigenvalue weighted by atomic mass is 35.5. The van der Waals surface area contributed by atoms with Crippen molar-refractivity contribution in [2.24, 2.45) is 0 Å². The van der Waals surface area contributed by atoms with Gasteiger partial charge in [-0.1, -0.05) is 41.4 Å². The molecule has 2 aromatic carbocycles. The van der Waals surface area contributed by atoms with Crippen molar-refractivity contribution < 1.29 is 0 Å². The third-order valence-corrected chi connectivity index (χ3v) is 7.82. The third-order valence-electron chi connectivity index (χ3n) is 7.23. The fraction of sp³-hybridized carbons (Fsp3) is 0.333. The Morgan fingerprint density at radius 2 is 1.71 bits per heavy atom. The summed E-state index contributed by atoms with van der Waals surface area (Å²) in [4.78, 5) is 9.87. The van der Waals surface area contributed by atoms with E-state index in [4.69, 9.17) is 28.2 Å². The SMILES string of the molecule is N#Cc1c2c(c(N3CCN(Cc4ccc(Cl)cc4Cl)CC3)n3c1nc1ccccc13)CCCC2. The van der Waals surface area contributed by atoms with Crippen LogP contribution in [0.5, 0.6) is 0 Å². The maximum absolute atomic E-state index is 10.1. The van der Waals surface area contributed by atoms with Crippen LogP contribution in [0, 0.1) is 11.3 Å². The second-order valence-corrected chi connectivity index (χ2v) is 10.1. The highest BCUT2D eigenvalue weighted by Crippen LogP contribution is 2.38. The van der Waals surface area contributed by atoms with Gasteiger partial charge in [-0.15, -0.1) is 0 Å². The van der Waals surface area contributed by atoms with Crippen molar-refractivity contribution in [2.75, 3.05) is 31.1 Å². The van der Waals surface area contributed by atoms with Gasteiger partial charge in [-0.3, -0.25) is 9.30 Å². The van der Waals surface area contributed by atoms with E-state index in [1.165, 1.54) is 16.9 Å². The van der Waals surface area contributed by atoms with Gasteiger partial charge in [0, 0.05) is 42.8 Å². The minimum absolute atomic E-state index is 0.667. The molecule has 5 nitrogen and oxygen atoms in total. The second-order valence-electron chi connectivity index (χ2n) is 9.23. The number of hydrogen-bond acceptors (Lipinski definition) is 4. The van der Waals surface area contributed by atoms with Gasteiger partial charge >= 0.3 is 0 Å². The lowest BCUT2D eigenvalue weighted by Gasteiger charge is -2.38. The smallest absolute Gasteiger partial charge is 0.157 e. The van der Waals surface area contributed by atoms with Crippen molar-refractivity contribution in [3.63, 3.8) is 0 Å². The van der Waals surface area contributed by atoms with E-state index in [0.29, 0.717) is 5.02 Å². The fourth-order valence-corrected chi connectivity index (χ4v) is 6.03. The summed E-state index contributed by atoms with van der Waals surface area (Å²) in [7, 11) is 0. The molecule has 0 bridgehead atoms. The van der Waals surface area contributed by atoms with Crippen molar-refractivity contribution in [3.05, 3.63) is 74.8 Å². The summed E-state index contributed by atoms with van der Waals surface area (Å²) in [6.45, 7) is 4.55. The normalized spacial score (nSPS) is 16.7. The number of nitriles is 1. The van der Waals surface area contributed by atoms with E-state index in [1.54, 1.807) is 0 Å². The zero-order chi connectivity index (χ0) is 23.2. The quantitative estimate of drug-likeness (QED) is 0.361. The summed E-state index contributed by atoms with van der Waals surface area (Å²) < 4.78 is 2.25. The topological polar surface area (TPSA) is 47.6 Å². The molecule has 7 heteroatoms. The molecular formula is C27H25Cl2N5. The van der Waals surface area contributed by atoms with E-state index in [2.05, 4.69) is 32.4 Å². The Balaban J connectivity index is 1.39. The molecule has 6 rings (SSSR count). The van der Waals surface area contributed by atoms with Crippen LogP contribution in [0.3, 0.4) is 0 Å². The lowest BCUT2D eigenvalue weighted by atomic mass is 9.88. The molecule has 1 aliphatic heterocycles. The third kappa shape index (κ3) is 3.62. The molecule has 0 saturated carbocycles. The number of anilines is 1. The van der Waals surface area contributed by atoms with Gasteiger partial charge < -0.3 is 4.90 Å². The van der Waals surface area contributed by atoms with E-state index in [1.807, 2.05) is 30.3 Å². The molecule has 0 spiro atoms. The minimum atomic E-state index is 0.667. The number of pyridine rings is 1. The Morgan fingerprint density at radius 1 is 0.941 bits per heavy atom. The first-order valence-corrected chi connectivity index (χ1v) is 12.7. The molecular weight excluding hydrogens is 465 g/mol. The number of halogens is 2. The van der Waals surface area contributed by atoms with Crippen LogP contribution in [0.25, 0.3) is 16.7 Å². The van der Waals surface area contributed by atoms with Gasteiger partial charge in [0.15, 0.2) is 5.65 Å². The lowest BCUT2D eigenvalue weighted by molar-refractivity contribution is 0.249. The van der Waals surface area contributed by atoms with Crippen LogP contribution in [-0.2, 0) is 19.4 Å². The van der Waals surface area contributed by atoms with E-state index in [0.717, 1.165) is 91.2 Å². The predicted molar refractivity (Wildman–Crippen MR) is 138 cm³/mol. The summed E-state index contributed by atoms with van der Waals surface area (Å²) in [5.74, 6) is 1.24. The van der Waals surface area contributed by atoms with Gasteiger partial charge in [0.1, 0.15) is 11.9 Å². The van der Waals surface area contributed by atoms with Gasteiger partial charge in [0.05, 0.1) is 16.6 Å². The number of hydrogen-bond donors (Lipinski definition) is 0. The Kier molecular flexibility index (Phi) is 5.61. The first-order chi connectivity index (χ1) is 16.6. The lowest BCUT2D eigenvalue weighted by Crippen LogP contribution is -2.47. The van der Waals surface area contributed by atoms with Gasteiger partial charge in [0.25, 0.3) is 0 Å². The summed E-state index contributed by atoms with van der Waals surface area (Å²) in [6, 6.07) is 16.5. The largest absolute Gasteiger partial charge is 0.355 e. The van der Waals surface area contributed by atoms with Crippen LogP contribution >= 0.6 is 23.2 Å². The number of nitrogens with zero attached hydrogens (tertiary/aromatic N) is 5. The molecule has 4 aromatic rings. The van der Waals surface area contributed by atoms with Gasteiger partial charge in [-0.05, 0) is 66.6 Å². The van der Waals surface area contributed by atoms with Crippen molar-refractivity contribution in [2.45, 2.75) is 32.2 Å². The van der Waals surface area contributed by atoms with Crippen LogP contribution in [0.4, 0.5) is 5.82 Å². The van der Waals surface area contributed by atoms with E-state index in [-0.39, 0.29) is 0 Å². The van der Waals surface area contributed by atoms with Crippen molar-refractivity contribution in [3.8, 4) is 6.07 Å². The van der Waals surface area contributed by atoms with Gasteiger partial charge in [-0.2, -0.15) is 5.26 Å². The van der Waals surface area contributed by atoms with Gasteiger partial charge in [-0.25, -0.2) is 4.98 Å². The Labute approximate surface area is 209 Å². The van der Waals surface area contributed by atoms with Crippen molar-refractivity contribution in [1.29, 1.82) is 5.26 Å².